The smallest absolute Gasteiger partial charge is 0.267 e. The van der Waals surface area contributed by atoms with E-state index in [4.69, 9.17) is 10.5 Å². The van der Waals surface area contributed by atoms with Crippen LogP contribution in [0.4, 0.5) is 20.3 Å². The van der Waals surface area contributed by atoms with Crippen LogP contribution in [0.5, 0.6) is 5.88 Å². The molecule has 7 rings (SSSR count). The number of aryl methyl sites for hydroxylation is 1. The fraction of sp³-hybridized carbons (Fsp3) is 0.562. The largest absolute Gasteiger partial charge is 0.473 e. The SMILES string of the molecule is CCN1C2CCCC1CC(Oc1nc(C)sc1C(=O)N[C@@H]1CCCN(c3cc(-c4ccc(=O)n(CC(F)F)n4)n4ncnc(N)c34)C1)C2. The lowest BCUT2D eigenvalue weighted by Gasteiger charge is -2.48. The maximum Gasteiger partial charge on any atom is 0.267 e. The molecular weight excluding hydrogens is 642 g/mol. The first-order valence-electron chi connectivity index (χ1n) is 16.6. The van der Waals surface area contributed by atoms with Crippen molar-refractivity contribution in [2.45, 2.75) is 96.0 Å². The Morgan fingerprint density at radius 3 is 2.73 bits per heavy atom. The van der Waals surface area contributed by atoms with E-state index < -0.39 is 18.5 Å². The van der Waals surface area contributed by atoms with Crippen molar-refractivity contribution in [2.24, 2.45) is 0 Å². The van der Waals surface area contributed by atoms with Gasteiger partial charge < -0.3 is 20.7 Å². The Balaban J connectivity index is 1.10. The van der Waals surface area contributed by atoms with Crippen molar-refractivity contribution in [3.05, 3.63) is 44.8 Å². The molecule has 13 nitrogen and oxygen atoms in total. The molecule has 256 valence electrons. The van der Waals surface area contributed by atoms with E-state index in [9.17, 15) is 18.4 Å². The molecular formula is C32H40F2N10O3S. The van der Waals surface area contributed by atoms with Gasteiger partial charge in [-0.15, -0.1) is 11.3 Å². The third-order valence-corrected chi connectivity index (χ3v) is 10.7. The summed E-state index contributed by atoms with van der Waals surface area (Å²) >= 11 is 1.35. The first-order valence-corrected chi connectivity index (χ1v) is 17.4. The number of amides is 1. The number of nitrogens with zero attached hydrogens (tertiary/aromatic N) is 8. The van der Waals surface area contributed by atoms with Gasteiger partial charge in [-0.2, -0.15) is 10.2 Å². The van der Waals surface area contributed by atoms with E-state index >= 15 is 0 Å². The predicted molar refractivity (Wildman–Crippen MR) is 178 cm³/mol. The number of nitrogens with one attached hydrogen (secondary N) is 1. The van der Waals surface area contributed by atoms with Gasteiger partial charge in [-0.3, -0.25) is 14.5 Å². The van der Waals surface area contributed by atoms with E-state index in [0.29, 0.717) is 47.1 Å². The second-order valence-electron chi connectivity index (χ2n) is 12.9. The summed E-state index contributed by atoms with van der Waals surface area (Å²) in [5.41, 5.74) is 7.72. The number of ether oxygens (including phenoxy) is 1. The Morgan fingerprint density at radius 2 is 1.98 bits per heavy atom. The first-order chi connectivity index (χ1) is 23.2. The molecule has 1 amide bonds. The molecule has 7 heterocycles. The van der Waals surface area contributed by atoms with E-state index in [1.54, 1.807) is 4.52 Å². The molecule has 0 spiro atoms. The van der Waals surface area contributed by atoms with Gasteiger partial charge in [0.2, 0.25) is 5.88 Å². The summed E-state index contributed by atoms with van der Waals surface area (Å²) in [6.07, 6.45) is 5.70. The van der Waals surface area contributed by atoms with Crippen LogP contribution in [0.15, 0.2) is 29.3 Å². The number of alkyl halides is 2. The fourth-order valence-electron chi connectivity index (χ4n) is 7.71. The van der Waals surface area contributed by atoms with Gasteiger partial charge in [0.15, 0.2) is 10.7 Å². The lowest BCUT2D eigenvalue weighted by Crippen LogP contribution is -2.54. The molecule has 3 fully saturated rings. The molecule has 0 saturated carbocycles. The number of hydrogen-bond donors (Lipinski definition) is 2. The standard InChI is InChI=1S/C32H40F2N10O3S/c1-3-42-20-7-4-8-21(42)13-22(12-20)47-32-29(48-18(2)38-32)31(46)39-19-6-5-11-41(15-19)25-14-24(44-28(25)30(35)36-17-37-44)23-9-10-27(45)43(40-23)16-26(33)34/h9-10,14,17,19-22,26H,3-8,11-13,15-16H2,1-2H3,(H,39,46)(H2,35,36,37)/t19-,20?,21?,22?/m1/s1. The lowest BCUT2D eigenvalue weighted by molar-refractivity contribution is -0.0148. The monoisotopic (exact) mass is 682 g/mol. The van der Waals surface area contributed by atoms with Gasteiger partial charge >= 0.3 is 0 Å². The Morgan fingerprint density at radius 1 is 1.19 bits per heavy atom. The Hall–Kier alpha value is -4.18. The summed E-state index contributed by atoms with van der Waals surface area (Å²) in [4.78, 5) is 39.9. The van der Waals surface area contributed by atoms with Crippen LogP contribution >= 0.6 is 11.3 Å². The number of hydrogen-bond acceptors (Lipinski definition) is 11. The number of aromatic nitrogens is 6. The van der Waals surface area contributed by atoms with Crippen molar-refractivity contribution >= 4 is 34.3 Å². The van der Waals surface area contributed by atoms with Gasteiger partial charge in [0.05, 0.1) is 16.4 Å². The second kappa shape index (κ2) is 13.4. The van der Waals surface area contributed by atoms with E-state index in [-0.39, 0.29) is 29.6 Å². The maximum atomic E-state index is 13.7. The zero-order valence-electron chi connectivity index (χ0n) is 27.0. The quantitative estimate of drug-likeness (QED) is 0.268. The number of rotatable bonds is 9. The average molecular weight is 683 g/mol. The third kappa shape index (κ3) is 6.34. The minimum atomic E-state index is -2.74. The van der Waals surface area contributed by atoms with Crippen molar-refractivity contribution in [3.8, 4) is 17.3 Å². The molecule has 3 N–H and O–H groups in total. The highest BCUT2D eigenvalue weighted by Crippen LogP contribution is 2.37. The minimum absolute atomic E-state index is 0.0375. The van der Waals surface area contributed by atoms with Gasteiger partial charge in [-0.25, -0.2) is 27.9 Å². The van der Waals surface area contributed by atoms with Crippen LogP contribution in [-0.4, -0.2) is 90.5 Å². The van der Waals surface area contributed by atoms with Crippen molar-refractivity contribution in [3.63, 3.8) is 0 Å². The second-order valence-corrected chi connectivity index (χ2v) is 14.1. The third-order valence-electron chi connectivity index (χ3n) is 9.74. The molecule has 0 aromatic carbocycles. The van der Waals surface area contributed by atoms with Crippen molar-refractivity contribution in [1.29, 1.82) is 0 Å². The normalized spacial score (nSPS) is 23.1. The number of carbonyl (C=O) groups is 1. The van der Waals surface area contributed by atoms with Crippen molar-refractivity contribution in [2.75, 3.05) is 30.3 Å². The maximum absolute atomic E-state index is 13.7. The van der Waals surface area contributed by atoms with E-state index in [1.807, 2.05) is 13.0 Å². The molecule has 16 heteroatoms. The first kappa shape index (κ1) is 32.4. The Labute approximate surface area is 280 Å². The van der Waals surface area contributed by atoms with Crippen LogP contribution in [0.25, 0.3) is 16.9 Å². The minimum Gasteiger partial charge on any atom is -0.473 e. The van der Waals surface area contributed by atoms with Crippen LogP contribution < -0.4 is 26.2 Å². The summed E-state index contributed by atoms with van der Waals surface area (Å²) in [5, 5.41) is 12.6. The molecule has 2 bridgehead atoms. The topological polar surface area (TPSA) is 149 Å². The average Bonchev–Trinajstić information content (AvgIpc) is 3.63. The number of fused-ring (bicyclic) bond motifs is 3. The van der Waals surface area contributed by atoms with Crippen LogP contribution in [0.3, 0.4) is 0 Å². The van der Waals surface area contributed by atoms with Crippen molar-refractivity contribution in [1.82, 2.24) is 39.6 Å². The number of carbonyl (C=O) groups excluding carboxylic acids is 1. The highest BCUT2D eigenvalue weighted by atomic mass is 32.1. The Bertz CT molecular complexity index is 1850. The molecule has 2 unspecified atom stereocenters. The van der Waals surface area contributed by atoms with Crippen molar-refractivity contribution < 1.29 is 18.3 Å². The zero-order chi connectivity index (χ0) is 33.5. The molecule has 3 aliphatic heterocycles. The van der Waals surface area contributed by atoms with Crippen LogP contribution in [0.2, 0.25) is 0 Å². The summed E-state index contributed by atoms with van der Waals surface area (Å²) < 4.78 is 35.0. The summed E-state index contributed by atoms with van der Waals surface area (Å²) in [7, 11) is 0. The number of piperidine rings is 3. The van der Waals surface area contributed by atoms with E-state index in [2.05, 4.69) is 42.2 Å². The highest BCUT2D eigenvalue weighted by molar-refractivity contribution is 7.13. The van der Waals surface area contributed by atoms with E-state index in [1.165, 1.54) is 49.1 Å². The molecule has 4 aromatic rings. The lowest BCUT2D eigenvalue weighted by atomic mass is 9.83. The van der Waals surface area contributed by atoms with Gasteiger partial charge in [-0.05, 0) is 64.1 Å². The van der Waals surface area contributed by atoms with Gasteiger partial charge in [0.25, 0.3) is 17.9 Å². The molecule has 48 heavy (non-hydrogen) atoms. The highest BCUT2D eigenvalue weighted by Gasteiger charge is 2.39. The number of thiazole rings is 1. The predicted octanol–water partition coefficient (Wildman–Crippen LogP) is 3.75. The molecule has 4 aromatic heterocycles. The summed E-state index contributed by atoms with van der Waals surface area (Å²) in [6, 6.07) is 5.36. The molecule has 3 atom stereocenters. The number of nitrogen functional groups attached to an aromatic ring is 1. The Kier molecular flexibility index (Phi) is 9.02. The summed E-state index contributed by atoms with van der Waals surface area (Å²) in [6.45, 7) is 5.52. The molecule has 3 saturated heterocycles. The van der Waals surface area contributed by atoms with Gasteiger partial charge in [-0.1, -0.05) is 13.3 Å². The van der Waals surface area contributed by atoms with E-state index in [0.717, 1.165) is 47.6 Å². The number of anilines is 2. The van der Waals surface area contributed by atoms with Crippen LogP contribution in [0.1, 0.15) is 66.5 Å². The van der Waals surface area contributed by atoms with Gasteiger partial charge in [0, 0.05) is 37.3 Å². The molecule has 0 aliphatic carbocycles. The van der Waals surface area contributed by atoms with Crippen LogP contribution in [0, 0.1) is 6.92 Å². The number of nitrogens with two attached hydrogens (primary N) is 1. The number of halogens is 2. The fourth-order valence-corrected chi connectivity index (χ4v) is 8.47. The molecule has 3 aliphatic rings. The molecule has 0 radical (unpaired) electrons. The summed E-state index contributed by atoms with van der Waals surface area (Å²) in [5.74, 6) is 0.447. The van der Waals surface area contributed by atoms with Crippen LogP contribution in [-0.2, 0) is 6.54 Å². The zero-order valence-corrected chi connectivity index (χ0v) is 27.8. The van der Waals surface area contributed by atoms with Gasteiger partial charge in [0.1, 0.15) is 30.2 Å².